The Hall–Kier alpha value is -4.60. The molecule has 4 rings (SSSR count). The van der Waals surface area contributed by atoms with E-state index in [1.165, 1.54) is 6.07 Å². The van der Waals surface area contributed by atoms with E-state index < -0.39 is 23.7 Å². The fraction of sp³-hybridized carbons (Fsp3) is 0.394. The highest BCUT2D eigenvalue weighted by molar-refractivity contribution is 5.98. The highest BCUT2D eigenvalue weighted by Crippen LogP contribution is 2.44. The average molecular weight is 590 g/mol. The lowest BCUT2D eigenvalue weighted by atomic mass is 9.84. The second-order valence-corrected chi connectivity index (χ2v) is 10.8. The zero-order valence-corrected chi connectivity index (χ0v) is 24.6. The van der Waals surface area contributed by atoms with Crippen molar-refractivity contribution < 1.29 is 34.1 Å². The van der Waals surface area contributed by atoms with Crippen LogP contribution in [0, 0.1) is 0 Å². The molecule has 0 saturated heterocycles. The zero-order valence-electron chi connectivity index (χ0n) is 24.6. The number of phenols is 2. The fourth-order valence-corrected chi connectivity index (χ4v) is 5.26. The lowest BCUT2D eigenvalue weighted by Gasteiger charge is -2.23. The van der Waals surface area contributed by atoms with Crippen LogP contribution in [0.1, 0.15) is 90.5 Å². The van der Waals surface area contributed by atoms with Gasteiger partial charge in [0.05, 0.1) is 19.5 Å². The molecular weight excluding hydrogens is 550 g/mol. The van der Waals surface area contributed by atoms with Gasteiger partial charge in [0.15, 0.2) is 0 Å². The molecule has 2 atom stereocenters. The number of carbonyl (C=O) groups is 3. The van der Waals surface area contributed by atoms with Crippen LogP contribution >= 0.6 is 0 Å². The summed E-state index contributed by atoms with van der Waals surface area (Å²) >= 11 is 0. The summed E-state index contributed by atoms with van der Waals surface area (Å²) in [5.41, 5.74) is 1.77. The van der Waals surface area contributed by atoms with E-state index in [0.29, 0.717) is 62.8 Å². The number of Topliss-reactive ketones (excluding diaryl/α,β-unsaturated/α-hetero) is 1. The van der Waals surface area contributed by atoms with E-state index >= 15 is 0 Å². The van der Waals surface area contributed by atoms with Gasteiger partial charge in [0.25, 0.3) is 0 Å². The summed E-state index contributed by atoms with van der Waals surface area (Å²) < 4.78 is 11.0. The molecule has 1 aromatic heterocycles. The number of imidazole rings is 1. The number of hydrogen-bond donors (Lipinski definition) is 4. The fourth-order valence-electron chi connectivity index (χ4n) is 5.26. The average Bonchev–Trinajstić information content (AvgIpc) is 3.49. The normalized spacial score (nSPS) is 17.7. The van der Waals surface area contributed by atoms with Crippen molar-refractivity contribution in [2.24, 2.45) is 0 Å². The van der Waals surface area contributed by atoms with Gasteiger partial charge in [0, 0.05) is 55.6 Å². The summed E-state index contributed by atoms with van der Waals surface area (Å²) in [5, 5.41) is 25.8. The summed E-state index contributed by atoms with van der Waals surface area (Å²) in [4.78, 5) is 45.7. The standard InChI is InChI=1S/C33H39N3O7/c1-21-7-6-10-25(37)9-5-3-4-8-23-17-28(38)31(32(40)30(23)33(41)43-21)27(22-11-13-26(42-2)14-12-22)18-29(39)35-16-15-24-19-34-20-36-24/h4,8,11-14,17,19-21,27,38,40H,3,5-7,9-10,15-16,18H2,1-2H3,(H,34,36)(H,35,39)/b8-4+/t21-,27?/m0/s1. The van der Waals surface area contributed by atoms with Crippen molar-refractivity contribution in [2.45, 2.75) is 70.3 Å². The molecule has 1 amide bonds. The number of esters is 1. The minimum atomic E-state index is -0.795. The van der Waals surface area contributed by atoms with Gasteiger partial charge in [-0.1, -0.05) is 24.3 Å². The number of ether oxygens (including phenoxy) is 2. The van der Waals surface area contributed by atoms with Gasteiger partial charge >= 0.3 is 5.97 Å². The Morgan fingerprint density at radius 3 is 2.67 bits per heavy atom. The van der Waals surface area contributed by atoms with Gasteiger partial charge in [-0.2, -0.15) is 0 Å². The molecule has 2 heterocycles. The molecule has 228 valence electrons. The first-order chi connectivity index (χ1) is 20.8. The monoisotopic (exact) mass is 589 g/mol. The van der Waals surface area contributed by atoms with Crippen LogP contribution in [0.4, 0.5) is 0 Å². The Kier molecular flexibility index (Phi) is 11.0. The number of cyclic esters (lactones) is 1. The first kappa shape index (κ1) is 31.3. The molecule has 0 aliphatic carbocycles. The molecule has 0 bridgehead atoms. The van der Waals surface area contributed by atoms with Crippen LogP contribution in [0.2, 0.25) is 0 Å². The van der Waals surface area contributed by atoms with Crippen molar-refractivity contribution in [1.29, 1.82) is 0 Å². The molecular formula is C33H39N3O7. The summed E-state index contributed by atoms with van der Waals surface area (Å²) in [5.74, 6) is -1.75. The van der Waals surface area contributed by atoms with Crippen LogP contribution in [-0.4, -0.2) is 57.6 Å². The van der Waals surface area contributed by atoms with Gasteiger partial charge < -0.3 is 30.0 Å². The number of nitrogens with one attached hydrogen (secondary N) is 2. The topological polar surface area (TPSA) is 151 Å². The van der Waals surface area contributed by atoms with E-state index in [-0.39, 0.29) is 40.6 Å². The lowest BCUT2D eigenvalue weighted by Crippen LogP contribution is -2.27. The Morgan fingerprint density at radius 1 is 1.19 bits per heavy atom. The minimum Gasteiger partial charge on any atom is -0.507 e. The first-order valence-electron chi connectivity index (χ1n) is 14.6. The SMILES string of the molecule is COc1ccc(C(CC(=O)NCCc2cnc[nH]2)c2c(O)cc3c(c2O)C(=O)O[C@@H](C)CCCC(=O)CCC/C=C/3)cc1. The van der Waals surface area contributed by atoms with Crippen LogP contribution < -0.4 is 10.1 Å². The summed E-state index contributed by atoms with van der Waals surface area (Å²) in [6.45, 7) is 2.11. The van der Waals surface area contributed by atoms with Crippen LogP contribution in [0.5, 0.6) is 17.2 Å². The summed E-state index contributed by atoms with van der Waals surface area (Å²) in [7, 11) is 1.54. The number of allylic oxidation sites excluding steroid dienone is 1. The Labute approximate surface area is 251 Å². The van der Waals surface area contributed by atoms with Gasteiger partial charge in [-0.05, 0) is 61.9 Å². The molecule has 1 aliphatic heterocycles. The highest BCUT2D eigenvalue weighted by Gasteiger charge is 2.31. The smallest absolute Gasteiger partial charge is 0.342 e. The molecule has 2 aromatic carbocycles. The number of carbonyl (C=O) groups excluding carboxylic acids is 3. The van der Waals surface area contributed by atoms with E-state index in [2.05, 4.69) is 15.3 Å². The van der Waals surface area contributed by atoms with E-state index in [1.807, 2.05) is 0 Å². The van der Waals surface area contributed by atoms with Crippen molar-refractivity contribution in [1.82, 2.24) is 15.3 Å². The number of aromatic amines is 1. The second-order valence-electron chi connectivity index (χ2n) is 10.8. The van der Waals surface area contributed by atoms with Gasteiger partial charge in [-0.25, -0.2) is 9.78 Å². The van der Waals surface area contributed by atoms with E-state index in [4.69, 9.17) is 9.47 Å². The number of H-pyrrole nitrogens is 1. The number of ketones is 1. The number of rotatable bonds is 8. The maximum Gasteiger partial charge on any atom is 0.342 e. The van der Waals surface area contributed by atoms with Gasteiger partial charge in [-0.3, -0.25) is 9.59 Å². The molecule has 0 radical (unpaired) electrons. The molecule has 1 unspecified atom stereocenters. The molecule has 3 aromatic rings. The van der Waals surface area contributed by atoms with E-state index in [0.717, 1.165) is 5.69 Å². The molecule has 0 saturated carbocycles. The number of aromatic hydroxyl groups is 2. The number of aromatic nitrogens is 2. The van der Waals surface area contributed by atoms with Crippen molar-refractivity contribution >= 4 is 23.7 Å². The molecule has 10 heteroatoms. The molecule has 0 fully saturated rings. The summed E-state index contributed by atoms with van der Waals surface area (Å²) in [6.07, 6.45) is 9.91. The lowest BCUT2D eigenvalue weighted by molar-refractivity contribution is -0.121. The predicted octanol–water partition coefficient (Wildman–Crippen LogP) is 5.19. The zero-order chi connectivity index (χ0) is 30.8. The molecule has 4 N–H and O–H groups in total. The summed E-state index contributed by atoms with van der Waals surface area (Å²) in [6, 6.07) is 8.39. The number of benzene rings is 2. The third kappa shape index (κ3) is 8.47. The Bertz CT molecular complexity index is 1430. The number of amides is 1. The minimum absolute atomic E-state index is 0.0531. The largest absolute Gasteiger partial charge is 0.507 e. The number of methoxy groups -OCH3 is 1. The highest BCUT2D eigenvalue weighted by atomic mass is 16.5. The van der Waals surface area contributed by atoms with Crippen LogP contribution in [0.3, 0.4) is 0 Å². The van der Waals surface area contributed by atoms with Crippen molar-refractivity contribution in [3.8, 4) is 17.2 Å². The molecule has 0 spiro atoms. The van der Waals surface area contributed by atoms with Crippen LogP contribution in [-0.2, 0) is 20.7 Å². The van der Waals surface area contributed by atoms with Gasteiger partial charge in [-0.15, -0.1) is 0 Å². The maximum absolute atomic E-state index is 13.5. The van der Waals surface area contributed by atoms with Gasteiger partial charge in [0.2, 0.25) is 5.91 Å². The van der Waals surface area contributed by atoms with Crippen molar-refractivity contribution in [2.75, 3.05) is 13.7 Å². The maximum atomic E-state index is 13.5. The number of phenolic OH excluding ortho intramolecular Hbond substituents is 2. The number of hydrogen-bond acceptors (Lipinski definition) is 8. The number of nitrogens with zero attached hydrogens (tertiary/aromatic N) is 1. The predicted molar refractivity (Wildman–Crippen MR) is 161 cm³/mol. The third-order valence-electron chi connectivity index (χ3n) is 7.58. The molecule has 1 aliphatic rings. The Morgan fingerprint density at radius 2 is 1.95 bits per heavy atom. The first-order valence-corrected chi connectivity index (χ1v) is 14.6. The van der Waals surface area contributed by atoms with E-state index in [1.54, 1.807) is 63.0 Å². The molecule has 43 heavy (non-hydrogen) atoms. The van der Waals surface area contributed by atoms with Crippen molar-refractivity contribution in [3.05, 3.63) is 76.9 Å². The van der Waals surface area contributed by atoms with Gasteiger partial charge in [0.1, 0.15) is 28.6 Å². The van der Waals surface area contributed by atoms with E-state index in [9.17, 15) is 24.6 Å². The third-order valence-corrected chi connectivity index (χ3v) is 7.58. The van der Waals surface area contributed by atoms with Crippen LogP contribution in [0.15, 0.2) is 48.9 Å². The van der Waals surface area contributed by atoms with Crippen molar-refractivity contribution in [3.63, 3.8) is 0 Å². The quantitative estimate of drug-likeness (QED) is 0.262. The Balaban J connectivity index is 1.71. The second kappa shape index (κ2) is 15.0. The van der Waals surface area contributed by atoms with Crippen LogP contribution in [0.25, 0.3) is 6.08 Å². The molecule has 10 nitrogen and oxygen atoms in total. The number of fused-ring (bicyclic) bond motifs is 1.